The molecule has 38 heavy (non-hydrogen) atoms. The summed E-state index contributed by atoms with van der Waals surface area (Å²) in [6, 6.07) is 3.11. The monoisotopic (exact) mass is 523 g/mol. The van der Waals surface area contributed by atoms with Gasteiger partial charge in [-0.1, -0.05) is 0 Å². The van der Waals surface area contributed by atoms with Crippen LogP contribution in [0.25, 0.3) is 22.1 Å². The summed E-state index contributed by atoms with van der Waals surface area (Å²) < 4.78 is 40.8. The van der Waals surface area contributed by atoms with Crippen LogP contribution in [0.1, 0.15) is 50.0 Å². The number of aryl methyl sites for hydroxylation is 1. The van der Waals surface area contributed by atoms with Gasteiger partial charge in [0.1, 0.15) is 17.2 Å². The number of anilines is 2. The van der Waals surface area contributed by atoms with Gasteiger partial charge in [-0.25, -0.2) is 24.2 Å². The van der Waals surface area contributed by atoms with E-state index in [4.69, 9.17) is 11.2 Å². The third kappa shape index (κ3) is 3.68. The molecule has 4 N–H and O–H groups in total. The molecule has 0 unspecified atom stereocenters. The SMILES string of the molecule is [2H]C([2H])([2H])n1c(=O)n([C@@H]2CC[C@]([2H])(NC(=O)OC)C2)c2cc(Nc3ccc4cnn(C5(C(N)=O)CCC5)c4n3)ncc21. The molecule has 198 valence electrons. The minimum Gasteiger partial charge on any atom is -0.453 e. The predicted molar refractivity (Wildman–Crippen MR) is 139 cm³/mol. The largest absolute Gasteiger partial charge is 0.453 e. The van der Waals surface area contributed by atoms with Crippen LogP contribution in [-0.4, -0.2) is 54.0 Å². The summed E-state index contributed by atoms with van der Waals surface area (Å²) in [5.74, 6) is 0.202. The number of amides is 2. The van der Waals surface area contributed by atoms with Crippen molar-refractivity contribution in [3.63, 3.8) is 0 Å². The third-order valence-electron chi connectivity index (χ3n) is 7.57. The fraction of sp³-hybridized carbons (Fsp3) is 0.440. The minimum absolute atomic E-state index is 0.0665. The standard InChI is InChI=1S/C25H29N9O4/c1-32-18-13-27-20(11-17(18)33(24(32)37)16-6-5-15(10-16)29-23(36)38-2)30-19-7-4-14-12-28-34(21(14)31-19)25(22(26)35)8-3-9-25/h4,7,11-13,15-16H,3,5-6,8-10H2,1-2H3,(H2,26,35)(H,29,36)(H,27,30,31)/t15-,16+/m0/s1/i1D3,15D. The van der Waals surface area contributed by atoms with Crippen molar-refractivity contribution in [3.8, 4) is 0 Å². The lowest BCUT2D eigenvalue weighted by molar-refractivity contribution is -0.131. The van der Waals surface area contributed by atoms with Gasteiger partial charge in [0.25, 0.3) is 0 Å². The first-order valence-corrected chi connectivity index (χ1v) is 12.3. The zero-order valence-electron chi connectivity index (χ0n) is 24.6. The zero-order valence-corrected chi connectivity index (χ0v) is 20.6. The topological polar surface area (TPSA) is 164 Å². The van der Waals surface area contributed by atoms with E-state index in [2.05, 4.69) is 30.4 Å². The number of nitrogens with two attached hydrogens (primary N) is 1. The van der Waals surface area contributed by atoms with Crippen LogP contribution >= 0.6 is 0 Å². The van der Waals surface area contributed by atoms with Gasteiger partial charge in [0.05, 0.1) is 31.9 Å². The first kappa shape index (κ1) is 19.7. The highest BCUT2D eigenvalue weighted by Crippen LogP contribution is 2.40. The van der Waals surface area contributed by atoms with Crippen LogP contribution < -0.4 is 22.1 Å². The molecule has 0 aromatic carbocycles. The van der Waals surface area contributed by atoms with Crippen LogP contribution in [0.3, 0.4) is 0 Å². The number of methoxy groups -OCH3 is 1. The molecule has 6 rings (SSSR count). The highest BCUT2D eigenvalue weighted by atomic mass is 16.5. The summed E-state index contributed by atoms with van der Waals surface area (Å²) in [6.07, 6.45) is 4.82. The molecule has 4 aromatic heterocycles. The second kappa shape index (κ2) is 8.85. The van der Waals surface area contributed by atoms with E-state index < -0.39 is 42.3 Å². The summed E-state index contributed by atoms with van der Waals surface area (Å²) in [6.45, 7) is -2.78. The predicted octanol–water partition coefficient (Wildman–Crippen LogP) is 2.04. The highest BCUT2D eigenvalue weighted by Gasteiger charge is 2.46. The number of nitrogens with one attached hydrogen (secondary N) is 2. The van der Waals surface area contributed by atoms with Crippen LogP contribution in [0.4, 0.5) is 16.4 Å². The van der Waals surface area contributed by atoms with Gasteiger partial charge in [0, 0.05) is 34.6 Å². The number of rotatable bonds is 6. The maximum atomic E-state index is 13.5. The number of primary amides is 1. The van der Waals surface area contributed by atoms with Gasteiger partial charge in [-0.15, -0.1) is 0 Å². The van der Waals surface area contributed by atoms with Gasteiger partial charge in [0.2, 0.25) is 5.91 Å². The highest BCUT2D eigenvalue weighted by molar-refractivity contribution is 5.87. The molecule has 4 aromatic rings. The second-order valence-corrected chi connectivity index (χ2v) is 9.70. The van der Waals surface area contributed by atoms with E-state index in [1.165, 1.54) is 17.9 Å². The van der Waals surface area contributed by atoms with Crippen molar-refractivity contribution in [2.75, 3.05) is 12.4 Å². The van der Waals surface area contributed by atoms with Crippen LogP contribution in [0.15, 0.2) is 35.4 Å². The van der Waals surface area contributed by atoms with Crippen molar-refractivity contribution in [1.82, 2.24) is 34.2 Å². The summed E-state index contributed by atoms with van der Waals surface area (Å²) in [4.78, 5) is 46.6. The molecule has 2 atom stereocenters. The average Bonchev–Trinajstić information content (AvgIpc) is 3.55. The van der Waals surface area contributed by atoms with Gasteiger partial charge in [0.15, 0.2) is 5.65 Å². The van der Waals surface area contributed by atoms with Gasteiger partial charge >= 0.3 is 11.8 Å². The molecule has 2 amide bonds. The zero-order chi connectivity index (χ0) is 30.0. The van der Waals surface area contributed by atoms with E-state index in [0.717, 1.165) is 11.8 Å². The van der Waals surface area contributed by atoms with Crippen molar-refractivity contribution in [2.45, 2.75) is 56.1 Å². The maximum Gasteiger partial charge on any atom is 0.407 e. The number of imidazole rings is 1. The molecule has 0 radical (unpaired) electrons. The van der Waals surface area contributed by atoms with E-state index in [-0.39, 0.29) is 24.2 Å². The van der Waals surface area contributed by atoms with Crippen LogP contribution in [-0.2, 0) is 22.0 Å². The van der Waals surface area contributed by atoms with Crippen molar-refractivity contribution in [2.24, 2.45) is 12.7 Å². The van der Waals surface area contributed by atoms with Crippen LogP contribution in [0.2, 0.25) is 0 Å². The first-order valence-electron chi connectivity index (χ1n) is 14.3. The number of pyridine rings is 2. The van der Waals surface area contributed by atoms with Crippen molar-refractivity contribution in [1.29, 1.82) is 0 Å². The molecule has 0 saturated heterocycles. The van der Waals surface area contributed by atoms with E-state index in [1.807, 2.05) is 0 Å². The Kier molecular flexibility index (Phi) is 4.58. The number of alkyl carbamates (subject to hydrolysis) is 1. The lowest BCUT2D eigenvalue weighted by atomic mass is 9.76. The molecule has 13 nitrogen and oxygen atoms in total. The lowest BCUT2D eigenvalue weighted by Crippen LogP contribution is -2.52. The molecular weight excluding hydrogens is 490 g/mol. The van der Waals surface area contributed by atoms with Crippen LogP contribution in [0, 0.1) is 0 Å². The molecule has 4 heterocycles. The molecule has 0 spiro atoms. The Morgan fingerprint density at radius 1 is 1.24 bits per heavy atom. The smallest absolute Gasteiger partial charge is 0.407 e. The van der Waals surface area contributed by atoms with Gasteiger partial charge in [-0.3, -0.25) is 13.9 Å². The normalized spacial score (nSPS) is 24.2. The molecule has 13 heteroatoms. The Morgan fingerprint density at radius 2 is 2.08 bits per heavy atom. The Labute approximate surface area is 222 Å². The van der Waals surface area contributed by atoms with E-state index in [1.54, 1.807) is 29.1 Å². The Morgan fingerprint density at radius 3 is 2.79 bits per heavy atom. The quantitative estimate of drug-likeness (QED) is 0.345. The van der Waals surface area contributed by atoms with E-state index >= 15 is 0 Å². The number of ether oxygens (including phenoxy) is 1. The number of hydrogen-bond donors (Lipinski definition) is 3. The summed E-state index contributed by atoms with van der Waals surface area (Å²) in [7, 11) is 1.20. The van der Waals surface area contributed by atoms with Crippen molar-refractivity contribution < 1.29 is 19.8 Å². The molecule has 0 aliphatic heterocycles. The Bertz CT molecular complexity index is 1790. The summed E-state index contributed by atoms with van der Waals surface area (Å²) in [5.41, 5.74) is 4.91. The molecular formula is C25H29N9O4. The van der Waals surface area contributed by atoms with E-state index in [9.17, 15) is 14.4 Å². The average molecular weight is 524 g/mol. The molecule has 2 aliphatic carbocycles. The summed E-state index contributed by atoms with van der Waals surface area (Å²) in [5, 5.41) is 10.7. The van der Waals surface area contributed by atoms with Gasteiger partial charge in [-0.05, 0) is 50.7 Å². The second-order valence-electron chi connectivity index (χ2n) is 9.70. The molecule has 2 fully saturated rings. The van der Waals surface area contributed by atoms with Crippen LogP contribution in [0.5, 0.6) is 0 Å². The third-order valence-corrected chi connectivity index (χ3v) is 7.57. The number of carbonyl (C=O) groups excluding carboxylic acids is 2. The summed E-state index contributed by atoms with van der Waals surface area (Å²) >= 11 is 0. The van der Waals surface area contributed by atoms with Crippen molar-refractivity contribution >= 4 is 45.7 Å². The number of aromatic nitrogens is 6. The number of hydrogen-bond acceptors (Lipinski definition) is 8. The number of carbonyl (C=O) groups is 2. The molecule has 0 bridgehead atoms. The molecule has 2 saturated carbocycles. The maximum absolute atomic E-state index is 13.5. The fourth-order valence-corrected chi connectivity index (χ4v) is 5.39. The van der Waals surface area contributed by atoms with Gasteiger partial charge < -0.3 is 21.1 Å². The fourth-order valence-electron chi connectivity index (χ4n) is 5.39. The molecule has 2 aliphatic rings. The van der Waals surface area contributed by atoms with Gasteiger partial charge in [-0.2, -0.15) is 5.10 Å². The Balaban J connectivity index is 1.39. The van der Waals surface area contributed by atoms with E-state index in [0.29, 0.717) is 40.8 Å². The lowest BCUT2D eigenvalue weighted by Gasteiger charge is -2.38. The Hall–Kier alpha value is -4.42. The number of fused-ring (bicyclic) bond motifs is 2. The van der Waals surface area contributed by atoms with Crippen molar-refractivity contribution in [3.05, 3.63) is 41.1 Å². The minimum atomic E-state index is -2.78. The number of nitrogens with zero attached hydrogens (tertiary/aromatic N) is 6. The first-order chi connectivity index (χ1) is 19.8.